The standard InChI is InChI=1S/C18H15ClFNO3/c19-12-4-3-5-13(20)16(12)17(22)21-11-6-7-14-15(10-11)24-18(23-14)8-1-2-9-18/h3-7,10H,1-2,8-9H2,(H,21,22). The Labute approximate surface area is 143 Å². The van der Waals surface area contributed by atoms with Crippen molar-refractivity contribution >= 4 is 23.2 Å². The number of benzene rings is 2. The van der Waals surface area contributed by atoms with Crippen LogP contribution in [0.1, 0.15) is 36.0 Å². The molecule has 124 valence electrons. The van der Waals surface area contributed by atoms with E-state index in [1.807, 2.05) is 0 Å². The van der Waals surface area contributed by atoms with Crippen molar-refractivity contribution in [2.75, 3.05) is 5.32 Å². The van der Waals surface area contributed by atoms with E-state index in [9.17, 15) is 9.18 Å². The number of hydrogen-bond donors (Lipinski definition) is 1. The first-order chi connectivity index (χ1) is 11.6. The summed E-state index contributed by atoms with van der Waals surface area (Å²) in [5, 5.41) is 2.72. The molecule has 24 heavy (non-hydrogen) atoms. The van der Waals surface area contributed by atoms with Gasteiger partial charge in [0.15, 0.2) is 11.5 Å². The normalized spacial score (nSPS) is 17.2. The van der Waals surface area contributed by atoms with Gasteiger partial charge < -0.3 is 14.8 Å². The van der Waals surface area contributed by atoms with Crippen molar-refractivity contribution in [2.24, 2.45) is 0 Å². The lowest BCUT2D eigenvalue weighted by atomic mass is 10.2. The lowest BCUT2D eigenvalue weighted by Gasteiger charge is -2.21. The molecule has 0 radical (unpaired) electrons. The van der Waals surface area contributed by atoms with Crippen molar-refractivity contribution in [1.82, 2.24) is 0 Å². The molecular weight excluding hydrogens is 333 g/mol. The van der Waals surface area contributed by atoms with E-state index >= 15 is 0 Å². The summed E-state index contributed by atoms with van der Waals surface area (Å²) in [6, 6.07) is 9.27. The molecule has 0 unspecified atom stereocenters. The molecule has 4 rings (SSSR count). The Bertz CT molecular complexity index is 798. The smallest absolute Gasteiger partial charge is 0.260 e. The molecule has 1 aliphatic carbocycles. The molecule has 0 aromatic heterocycles. The van der Waals surface area contributed by atoms with Gasteiger partial charge in [-0.2, -0.15) is 0 Å². The highest BCUT2D eigenvalue weighted by Gasteiger charge is 2.44. The van der Waals surface area contributed by atoms with Crippen molar-refractivity contribution in [2.45, 2.75) is 31.5 Å². The molecule has 1 saturated carbocycles. The predicted molar refractivity (Wildman–Crippen MR) is 88.3 cm³/mol. The Hall–Kier alpha value is -2.27. The van der Waals surface area contributed by atoms with E-state index < -0.39 is 17.5 Å². The van der Waals surface area contributed by atoms with Crippen LogP contribution >= 0.6 is 11.6 Å². The molecular formula is C18H15ClFNO3. The number of ether oxygens (including phenoxy) is 2. The van der Waals surface area contributed by atoms with E-state index in [2.05, 4.69) is 5.32 Å². The molecule has 1 N–H and O–H groups in total. The van der Waals surface area contributed by atoms with E-state index in [0.717, 1.165) is 25.7 Å². The lowest BCUT2D eigenvalue weighted by Crippen LogP contribution is -2.34. The first kappa shape index (κ1) is 15.3. The van der Waals surface area contributed by atoms with E-state index in [-0.39, 0.29) is 10.6 Å². The SMILES string of the molecule is O=C(Nc1ccc2c(c1)OC1(CCCC1)O2)c1c(F)cccc1Cl. The minimum absolute atomic E-state index is 0.0677. The summed E-state index contributed by atoms with van der Waals surface area (Å²) in [7, 11) is 0. The zero-order valence-corrected chi connectivity index (χ0v) is 13.5. The van der Waals surface area contributed by atoms with Crippen LogP contribution in [0.2, 0.25) is 5.02 Å². The van der Waals surface area contributed by atoms with Gasteiger partial charge in [0.1, 0.15) is 5.82 Å². The topological polar surface area (TPSA) is 47.6 Å². The minimum atomic E-state index is -0.661. The third-order valence-corrected chi connectivity index (χ3v) is 4.66. The number of amides is 1. The molecule has 0 bridgehead atoms. The van der Waals surface area contributed by atoms with Crippen LogP contribution in [0, 0.1) is 5.82 Å². The predicted octanol–water partition coefficient (Wildman–Crippen LogP) is 4.77. The van der Waals surface area contributed by atoms with Crippen LogP contribution in [0.15, 0.2) is 36.4 Å². The van der Waals surface area contributed by atoms with Gasteiger partial charge in [-0.1, -0.05) is 17.7 Å². The quantitative estimate of drug-likeness (QED) is 0.851. The van der Waals surface area contributed by atoms with Crippen LogP contribution in [0.25, 0.3) is 0 Å². The first-order valence-corrected chi connectivity index (χ1v) is 8.22. The number of halogens is 2. The number of anilines is 1. The second-order valence-electron chi connectivity index (χ2n) is 6.03. The fraction of sp³-hybridized carbons (Fsp3) is 0.278. The van der Waals surface area contributed by atoms with Crippen LogP contribution in [0.3, 0.4) is 0 Å². The van der Waals surface area contributed by atoms with Gasteiger partial charge in [0.2, 0.25) is 0 Å². The number of hydrogen-bond acceptors (Lipinski definition) is 3. The molecule has 2 aliphatic rings. The van der Waals surface area contributed by atoms with Crippen LogP contribution in [-0.4, -0.2) is 11.7 Å². The summed E-state index contributed by atoms with van der Waals surface area (Å²) in [5.41, 5.74) is 0.320. The van der Waals surface area contributed by atoms with Gasteiger partial charge in [-0.15, -0.1) is 0 Å². The van der Waals surface area contributed by atoms with Crippen LogP contribution in [0.5, 0.6) is 11.5 Å². The average molecular weight is 348 g/mol. The van der Waals surface area contributed by atoms with E-state index in [0.29, 0.717) is 17.2 Å². The fourth-order valence-corrected chi connectivity index (χ4v) is 3.45. The van der Waals surface area contributed by atoms with Crippen LogP contribution in [-0.2, 0) is 0 Å². The molecule has 0 saturated heterocycles. The van der Waals surface area contributed by atoms with E-state index in [1.54, 1.807) is 18.2 Å². The monoisotopic (exact) mass is 347 g/mol. The van der Waals surface area contributed by atoms with Gasteiger partial charge in [-0.25, -0.2) is 4.39 Å². The van der Waals surface area contributed by atoms with Gasteiger partial charge >= 0.3 is 0 Å². The second-order valence-corrected chi connectivity index (χ2v) is 6.44. The zero-order valence-electron chi connectivity index (χ0n) is 12.8. The first-order valence-electron chi connectivity index (χ1n) is 7.84. The molecule has 1 fully saturated rings. The average Bonchev–Trinajstić information content (AvgIpc) is 3.13. The Morgan fingerprint density at radius 3 is 2.62 bits per heavy atom. The highest BCUT2D eigenvalue weighted by molar-refractivity contribution is 6.34. The highest BCUT2D eigenvalue weighted by Crippen LogP contribution is 2.47. The van der Waals surface area contributed by atoms with Crippen molar-refractivity contribution in [3.8, 4) is 11.5 Å². The molecule has 2 aromatic carbocycles. The van der Waals surface area contributed by atoms with Crippen molar-refractivity contribution < 1.29 is 18.7 Å². The molecule has 2 aromatic rings. The number of rotatable bonds is 2. The number of nitrogens with one attached hydrogen (secondary N) is 1. The van der Waals surface area contributed by atoms with E-state index in [4.69, 9.17) is 21.1 Å². The lowest BCUT2D eigenvalue weighted by molar-refractivity contribution is -0.0716. The van der Waals surface area contributed by atoms with Crippen LogP contribution in [0.4, 0.5) is 10.1 Å². The summed E-state index contributed by atoms with van der Waals surface area (Å²) in [6.07, 6.45) is 3.86. The molecule has 1 aliphatic heterocycles. The van der Waals surface area contributed by atoms with Gasteiger partial charge in [0.05, 0.1) is 10.6 Å². The van der Waals surface area contributed by atoms with Gasteiger partial charge in [0, 0.05) is 24.6 Å². The number of fused-ring (bicyclic) bond motifs is 1. The van der Waals surface area contributed by atoms with Gasteiger partial charge in [0.25, 0.3) is 11.7 Å². The van der Waals surface area contributed by atoms with Crippen LogP contribution < -0.4 is 14.8 Å². The maximum atomic E-state index is 13.8. The molecule has 6 heteroatoms. The Morgan fingerprint density at radius 1 is 1.12 bits per heavy atom. The van der Waals surface area contributed by atoms with E-state index in [1.165, 1.54) is 18.2 Å². The Kier molecular flexibility index (Phi) is 3.61. The number of carbonyl (C=O) groups excluding carboxylic acids is 1. The Morgan fingerprint density at radius 2 is 1.88 bits per heavy atom. The highest BCUT2D eigenvalue weighted by atomic mass is 35.5. The molecule has 1 spiro atoms. The molecule has 0 atom stereocenters. The van der Waals surface area contributed by atoms with Crippen molar-refractivity contribution in [3.63, 3.8) is 0 Å². The summed E-state index contributed by atoms with van der Waals surface area (Å²) in [4.78, 5) is 12.3. The summed E-state index contributed by atoms with van der Waals surface area (Å²) in [5.74, 6) is -0.564. The molecule has 4 nitrogen and oxygen atoms in total. The zero-order chi connectivity index (χ0) is 16.7. The summed E-state index contributed by atoms with van der Waals surface area (Å²) >= 11 is 5.92. The minimum Gasteiger partial charge on any atom is -0.448 e. The summed E-state index contributed by atoms with van der Waals surface area (Å²) in [6.45, 7) is 0. The number of carbonyl (C=O) groups is 1. The third-order valence-electron chi connectivity index (χ3n) is 4.35. The fourth-order valence-electron chi connectivity index (χ4n) is 3.20. The van der Waals surface area contributed by atoms with Gasteiger partial charge in [-0.3, -0.25) is 4.79 Å². The maximum Gasteiger partial charge on any atom is 0.260 e. The molecule has 1 amide bonds. The Balaban J connectivity index is 1.56. The summed E-state index contributed by atoms with van der Waals surface area (Å²) < 4.78 is 25.7. The van der Waals surface area contributed by atoms with Crippen molar-refractivity contribution in [3.05, 3.63) is 52.8 Å². The maximum absolute atomic E-state index is 13.8. The van der Waals surface area contributed by atoms with Gasteiger partial charge in [-0.05, 0) is 37.1 Å². The largest absolute Gasteiger partial charge is 0.448 e. The molecule has 1 heterocycles. The third kappa shape index (κ3) is 2.59. The second kappa shape index (κ2) is 5.67. The van der Waals surface area contributed by atoms with Crippen molar-refractivity contribution in [1.29, 1.82) is 0 Å².